The largest absolute Gasteiger partial charge is 0.373 e. The van der Waals surface area contributed by atoms with E-state index < -0.39 is 5.82 Å². The number of hydrogen-bond donors (Lipinski definition) is 1. The zero-order valence-electron chi connectivity index (χ0n) is 13.2. The molecule has 4 nitrogen and oxygen atoms in total. The van der Waals surface area contributed by atoms with Gasteiger partial charge in [-0.1, -0.05) is 6.07 Å². The number of amides is 1. The van der Waals surface area contributed by atoms with Crippen molar-refractivity contribution in [2.75, 3.05) is 6.61 Å². The van der Waals surface area contributed by atoms with Crippen molar-refractivity contribution in [3.05, 3.63) is 54.1 Å². The maximum absolute atomic E-state index is 14.3. The number of benzene rings is 1. The fourth-order valence-electron chi connectivity index (χ4n) is 2.82. The topological polar surface area (TPSA) is 51.2 Å². The SMILES string of the molecule is CC1(C)C[C@H](NC(=O)c2ccc(-c3ccncc3)c(F)c2)CO1. The van der Waals surface area contributed by atoms with Gasteiger partial charge in [-0.2, -0.15) is 0 Å². The molecule has 1 saturated heterocycles. The number of halogens is 1. The molecular weight excluding hydrogens is 295 g/mol. The molecule has 1 amide bonds. The standard InChI is InChI=1S/C18H19FN2O2/c1-18(2)10-14(11-23-18)21-17(22)13-3-4-15(16(19)9-13)12-5-7-20-8-6-12/h3-9,14H,10-11H2,1-2H3,(H,21,22)/t14-/m0/s1. The van der Waals surface area contributed by atoms with E-state index in [1.165, 1.54) is 6.07 Å². The van der Waals surface area contributed by atoms with Crippen LogP contribution in [0, 0.1) is 5.82 Å². The highest BCUT2D eigenvalue weighted by atomic mass is 19.1. The maximum atomic E-state index is 14.3. The lowest BCUT2D eigenvalue weighted by Crippen LogP contribution is -2.35. The van der Waals surface area contributed by atoms with Gasteiger partial charge in [0.05, 0.1) is 18.2 Å². The van der Waals surface area contributed by atoms with Crippen LogP contribution in [0.2, 0.25) is 0 Å². The van der Waals surface area contributed by atoms with Crippen LogP contribution in [0.25, 0.3) is 11.1 Å². The zero-order chi connectivity index (χ0) is 16.4. The van der Waals surface area contributed by atoms with Crippen LogP contribution in [0.4, 0.5) is 4.39 Å². The summed E-state index contributed by atoms with van der Waals surface area (Å²) in [7, 11) is 0. The highest BCUT2D eigenvalue weighted by Gasteiger charge is 2.32. The monoisotopic (exact) mass is 314 g/mol. The molecule has 1 aliphatic heterocycles. The first-order chi connectivity index (χ1) is 10.9. The number of carbonyl (C=O) groups is 1. The number of aromatic nitrogens is 1. The molecular formula is C18H19FN2O2. The van der Waals surface area contributed by atoms with Gasteiger partial charge in [-0.15, -0.1) is 0 Å². The fourth-order valence-corrected chi connectivity index (χ4v) is 2.82. The molecule has 0 spiro atoms. The van der Waals surface area contributed by atoms with Crippen LogP contribution in [0.1, 0.15) is 30.6 Å². The number of ether oxygens (including phenoxy) is 1. The van der Waals surface area contributed by atoms with Crippen LogP contribution in [-0.2, 0) is 4.74 Å². The second-order valence-corrected chi connectivity index (χ2v) is 6.38. The zero-order valence-corrected chi connectivity index (χ0v) is 13.2. The summed E-state index contributed by atoms with van der Waals surface area (Å²) in [6.45, 7) is 4.46. The van der Waals surface area contributed by atoms with E-state index >= 15 is 0 Å². The Morgan fingerprint density at radius 2 is 2.04 bits per heavy atom. The lowest BCUT2D eigenvalue weighted by molar-refractivity contribution is 0.0355. The second-order valence-electron chi connectivity index (χ2n) is 6.38. The van der Waals surface area contributed by atoms with E-state index in [2.05, 4.69) is 10.3 Å². The molecule has 1 aromatic carbocycles. The molecule has 2 aromatic rings. The summed E-state index contributed by atoms with van der Waals surface area (Å²) in [6.07, 6.45) is 3.96. The maximum Gasteiger partial charge on any atom is 0.251 e. The van der Waals surface area contributed by atoms with E-state index in [0.717, 1.165) is 12.0 Å². The van der Waals surface area contributed by atoms with Crippen LogP contribution in [0.15, 0.2) is 42.7 Å². The third-order valence-electron chi connectivity index (χ3n) is 3.97. The Bertz CT molecular complexity index is 716. The van der Waals surface area contributed by atoms with E-state index in [0.29, 0.717) is 17.7 Å². The summed E-state index contributed by atoms with van der Waals surface area (Å²) in [5, 5.41) is 2.90. The van der Waals surface area contributed by atoms with Gasteiger partial charge in [0.2, 0.25) is 0 Å². The predicted molar refractivity (Wildman–Crippen MR) is 85.5 cm³/mol. The van der Waals surface area contributed by atoms with Gasteiger partial charge in [0.15, 0.2) is 0 Å². The summed E-state index contributed by atoms with van der Waals surface area (Å²) in [6, 6.07) is 7.95. The van der Waals surface area contributed by atoms with Gasteiger partial charge in [0.25, 0.3) is 5.91 Å². The molecule has 0 saturated carbocycles. The minimum Gasteiger partial charge on any atom is -0.373 e. The van der Waals surface area contributed by atoms with Gasteiger partial charge in [0, 0.05) is 23.5 Å². The van der Waals surface area contributed by atoms with E-state index in [9.17, 15) is 9.18 Å². The first kappa shape index (κ1) is 15.6. The van der Waals surface area contributed by atoms with Crippen molar-refractivity contribution in [2.45, 2.75) is 31.9 Å². The minimum absolute atomic E-state index is 0.0413. The Hall–Kier alpha value is -2.27. The van der Waals surface area contributed by atoms with E-state index in [1.807, 2.05) is 13.8 Å². The van der Waals surface area contributed by atoms with E-state index in [-0.39, 0.29) is 17.6 Å². The highest BCUT2D eigenvalue weighted by Crippen LogP contribution is 2.25. The van der Waals surface area contributed by atoms with Gasteiger partial charge >= 0.3 is 0 Å². The van der Waals surface area contributed by atoms with Gasteiger partial charge in [-0.3, -0.25) is 9.78 Å². The van der Waals surface area contributed by atoms with Crippen LogP contribution in [0.5, 0.6) is 0 Å². The fraction of sp³-hybridized carbons (Fsp3) is 0.333. The number of nitrogens with one attached hydrogen (secondary N) is 1. The van der Waals surface area contributed by atoms with Crippen LogP contribution in [-0.4, -0.2) is 29.1 Å². The van der Waals surface area contributed by atoms with Crippen molar-refractivity contribution >= 4 is 5.91 Å². The van der Waals surface area contributed by atoms with Crippen molar-refractivity contribution in [2.24, 2.45) is 0 Å². The summed E-state index contributed by atoms with van der Waals surface area (Å²) in [5.41, 5.74) is 1.27. The molecule has 0 unspecified atom stereocenters. The third kappa shape index (κ3) is 3.56. The van der Waals surface area contributed by atoms with Gasteiger partial charge in [-0.05, 0) is 50.1 Å². The quantitative estimate of drug-likeness (QED) is 0.946. The average Bonchev–Trinajstić information content (AvgIpc) is 2.86. The Labute approximate surface area is 134 Å². The number of pyridine rings is 1. The van der Waals surface area contributed by atoms with E-state index in [4.69, 9.17) is 4.74 Å². The van der Waals surface area contributed by atoms with Gasteiger partial charge in [0.1, 0.15) is 5.82 Å². The number of nitrogens with zero attached hydrogens (tertiary/aromatic N) is 1. The smallest absolute Gasteiger partial charge is 0.251 e. The molecule has 5 heteroatoms. The summed E-state index contributed by atoms with van der Waals surface area (Å²) < 4.78 is 19.9. The Morgan fingerprint density at radius 1 is 1.30 bits per heavy atom. The van der Waals surface area contributed by atoms with E-state index in [1.54, 1.807) is 36.7 Å². The van der Waals surface area contributed by atoms with Crippen molar-refractivity contribution in [1.82, 2.24) is 10.3 Å². The molecule has 2 heterocycles. The average molecular weight is 314 g/mol. The van der Waals surface area contributed by atoms with Crippen molar-refractivity contribution in [3.8, 4) is 11.1 Å². The number of hydrogen-bond acceptors (Lipinski definition) is 3. The molecule has 0 bridgehead atoms. The lowest BCUT2D eigenvalue weighted by atomic mass is 10.0. The van der Waals surface area contributed by atoms with Gasteiger partial charge in [-0.25, -0.2) is 4.39 Å². The normalized spacial score (nSPS) is 19.5. The lowest BCUT2D eigenvalue weighted by Gasteiger charge is -2.16. The van der Waals surface area contributed by atoms with Crippen molar-refractivity contribution < 1.29 is 13.9 Å². The molecule has 0 aliphatic carbocycles. The molecule has 1 aliphatic rings. The molecule has 0 radical (unpaired) electrons. The molecule has 1 atom stereocenters. The highest BCUT2D eigenvalue weighted by molar-refractivity contribution is 5.95. The van der Waals surface area contributed by atoms with Crippen LogP contribution in [0.3, 0.4) is 0 Å². The van der Waals surface area contributed by atoms with Crippen molar-refractivity contribution in [1.29, 1.82) is 0 Å². The molecule has 23 heavy (non-hydrogen) atoms. The Kier molecular flexibility index (Phi) is 4.13. The predicted octanol–water partition coefficient (Wildman–Crippen LogP) is 3.19. The third-order valence-corrected chi connectivity index (χ3v) is 3.97. The summed E-state index contributed by atoms with van der Waals surface area (Å²) in [4.78, 5) is 16.2. The summed E-state index contributed by atoms with van der Waals surface area (Å²) >= 11 is 0. The minimum atomic E-state index is -0.424. The first-order valence-electron chi connectivity index (χ1n) is 7.59. The molecule has 3 rings (SSSR count). The molecule has 1 N–H and O–H groups in total. The van der Waals surface area contributed by atoms with Crippen LogP contribution < -0.4 is 5.32 Å². The first-order valence-corrected chi connectivity index (χ1v) is 7.59. The molecule has 120 valence electrons. The molecule has 1 aromatic heterocycles. The number of carbonyl (C=O) groups excluding carboxylic acids is 1. The Balaban J connectivity index is 1.74. The van der Waals surface area contributed by atoms with Gasteiger partial charge < -0.3 is 10.1 Å². The molecule has 1 fully saturated rings. The van der Waals surface area contributed by atoms with Crippen LogP contribution >= 0.6 is 0 Å². The number of rotatable bonds is 3. The summed E-state index contributed by atoms with van der Waals surface area (Å²) in [5.74, 6) is -0.705. The van der Waals surface area contributed by atoms with Crippen molar-refractivity contribution in [3.63, 3.8) is 0 Å². The second kappa shape index (κ2) is 6.08. The Morgan fingerprint density at radius 3 is 2.65 bits per heavy atom.